The Morgan fingerprint density at radius 1 is 1.16 bits per heavy atom. The van der Waals surface area contributed by atoms with Crippen LogP contribution < -0.4 is 10.8 Å². The molecule has 4 nitrogen and oxygen atoms in total. The van der Waals surface area contributed by atoms with Crippen LogP contribution in [0.3, 0.4) is 0 Å². The number of nitrogens with zero attached hydrogens (tertiary/aromatic N) is 3. The highest BCUT2D eigenvalue weighted by atomic mass is 15.0. The van der Waals surface area contributed by atoms with E-state index in [2.05, 4.69) is 40.2 Å². The summed E-state index contributed by atoms with van der Waals surface area (Å²) in [6, 6.07) is 10.0. The Morgan fingerprint density at radius 3 is 2.79 bits per heavy atom. The number of nitrogens with one attached hydrogen (secondary N) is 1. The zero-order valence-corrected chi connectivity index (χ0v) is 10.9. The van der Waals surface area contributed by atoms with Crippen molar-refractivity contribution >= 4 is 30.0 Å². The summed E-state index contributed by atoms with van der Waals surface area (Å²) in [5.41, 5.74) is 3.05. The molecule has 0 aliphatic carbocycles. The van der Waals surface area contributed by atoms with Crippen LogP contribution in [-0.2, 0) is 0 Å². The summed E-state index contributed by atoms with van der Waals surface area (Å²) in [6.45, 7) is 0. The Hall–Kier alpha value is -2.43. The lowest BCUT2D eigenvalue weighted by atomic mass is 9.95. The van der Waals surface area contributed by atoms with E-state index in [-0.39, 0.29) is 0 Å². The Labute approximate surface area is 112 Å². The van der Waals surface area contributed by atoms with Crippen LogP contribution in [0.15, 0.2) is 42.7 Å². The predicted molar refractivity (Wildman–Crippen MR) is 80.5 cm³/mol. The van der Waals surface area contributed by atoms with Crippen molar-refractivity contribution in [2.24, 2.45) is 0 Å². The Kier molecular flexibility index (Phi) is 2.87. The Morgan fingerprint density at radius 2 is 2.05 bits per heavy atom. The van der Waals surface area contributed by atoms with Gasteiger partial charge >= 0.3 is 0 Å². The van der Waals surface area contributed by atoms with Crippen molar-refractivity contribution in [1.29, 1.82) is 0 Å². The summed E-state index contributed by atoms with van der Waals surface area (Å²) in [7, 11) is 3.93. The molecule has 0 amide bonds. The zero-order valence-electron chi connectivity index (χ0n) is 10.9. The van der Waals surface area contributed by atoms with Crippen LogP contribution in [0, 0.1) is 0 Å². The van der Waals surface area contributed by atoms with Crippen molar-refractivity contribution in [3.8, 4) is 11.4 Å². The molecular weight excluding hydrogens is 235 g/mol. The maximum Gasteiger partial charge on any atom is 0.163 e. The molecule has 2 aromatic heterocycles. The number of pyridine rings is 1. The highest BCUT2D eigenvalue weighted by Crippen LogP contribution is 2.23. The molecule has 19 heavy (non-hydrogen) atoms. The van der Waals surface area contributed by atoms with Crippen molar-refractivity contribution < 1.29 is 0 Å². The maximum absolute atomic E-state index is 4.62. The van der Waals surface area contributed by atoms with Gasteiger partial charge in [0.25, 0.3) is 0 Å². The van der Waals surface area contributed by atoms with Crippen molar-refractivity contribution in [2.75, 3.05) is 12.4 Å². The number of aromatic nitrogens is 3. The molecule has 0 fully saturated rings. The highest BCUT2D eigenvalue weighted by Gasteiger charge is 2.08. The fraction of sp³-hybridized carbons (Fsp3) is 0.0714. The Bertz CT molecular complexity index is 728. The van der Waals surface area contributed by atoms with Crippen LogP contribution in [0.25, 0.3) is 22.3 Å². The summed E-state index contributed by atoms with van der Waals surface area (Å²) in [5.74, 6) is 1.53. The van der Waals surface area contributed by atoms with Gasteiger partial charge in [0.15, 0.2) is 5.82 Å². The first-order valence-electron chi connectivity index (χ1n) is 6.14. The van der Waals surface area contributed by atoms with E-state index < -0.39 is 0 Å². The second-order valence-corrected chi connectivity index (χ2v) is 4.41. The molecule has 0 saturated heterocycles. The van der Waals surface area contributed by atoms with Crippen LogP contribution in [0.1, 0.15) is 0 Å². The molecule has 3 aromatic rings. The summed E-state index contributed by atoms with van der Waals surface area (Å²) in [6.07, 6.45) is 3.52. The molecule has 0 bridgehead atoms. The second kappa shape index (κ2) is 4.68. The minimum Gasteiger partial charge on any atom is -0.373 e. The minimum atomic E-state index is 0.690. The average Bonchev–Trinajstić information content (AvgIpc) is 2.46. The van der Waals surface area contributed by atoms with E-state index in [1.807, 2.05) is 25.2 Å². The molecule has 0 unspecified atom stereocenters. The van der Waals surface area contributed by atoms with Crippen molar-refractivity contribution in [2.45, 2.75) is 0 Å². The standard InChI is InChI=1S/C14H13BN4/c1-16-14-11-5-4-10(15)7-12(11)18-13(19-14)9-3-2-6-17-8-9/h2-8H,15H2,1H3,(H,16,18,19). The van der Waals surface area contributed by atoms with Gasteiger partial charge in [-0.3, -0.25) is 4.98 Å². The average molecular weight is 248 g/mol. The molecule has 3 rings (SSSR count). The van der Waals surface area contributed by atoms with Crippen LogP contribution in [0.2, 0.25) is 0 Å². The molecule has 5 heteroatoms. The normalized spacial score (nSPS) is 10.6. The largest absolute Gasteiger partial charge is 0.373 e. The third-order valence-electron chi connectivity index (χ3n) is 3.01. The molecule has 92 valence electrons. The van der Waals surface area contributed by atoms with Gasteiger partial charge in [-0.15, -0.1) is 0 Å². The number of fused-ring (bicyclic) bond motifs is 1. The molecule has 0 atom stereocenters. The number of anilines is 1. The number of hydrogen-bond acceptors (Lipinski definition) is 4. The number of benzene rings is 1. The van der Waals surface area contributed by atoms with Crippen molar-refractivity contribution in [3.63, 3.8) is 0 Å². The number of hydrogen-bond donors (Lipinski definition) is 1. The SMILES string of the molecule is Bc1ccc2c(NC)nc(-c3cccnc3)nc2c1. The van der Waals surface area contributed by atoms with E-state index in [1.165, 1.54) is 5.46 Å². The summed E-state index contributed by atoms with van der Waals surface area (Å²) < 4.78 is 0. The van der Waals surface area contributed by atoms with Crippen molar-refractivity contribution in [1.82, 2.24) is 15.0 Å². The smallest absolute Gasteiger partial charge is 0.163 e. The molecule has 1 N–H and O–H groups in total. The third kappa shape index (κ3) is 2.15. The predicted octanol–water partition coefficient (Wildman–Crippen LogP) is 0.992. The van der Waals surface area contributed by atoms with Gasteiger partial charge in [-0.05, 0) is 24.3 Å². The monoisotopic (exact) mass is 248 g/mol. The van der Waals surface area contributed by atoms with Gasteiger partial charge in [-0.2, -0.15) is 0 Å². The van der Waals surface area contributed by atoms with Gasteiger partial charge in [-0.25, -0.2) is 9.97 Å². The molecule has 1 aromatic carbocycles. The lowest BCUT2D eigenvalue weighted by Crippen LogP contribution is -2.04. The molecule has 0 aliphatic heterocycles. The summed E-state index contributed by atoms with van der Waals surface area (Å²) in [5, 5.41) is 4.16. The summed E-state index contributed by atoms with van der Waals surface area (Å²) >= 11 is 0. The fourth-order valence-corrected chi connectivity index (χ4v) is 2.05. The Balaban J connectivity index is 2.27. The topological polar surface area (TPSA) is 50.7 Å². The molecule has 0 spiro atoms. The van der Waals surface area contributed by atoms with E-state index in [9.17, 15) is 0 Å². The molecule has 0 saturated carbocycles. The van der Waals surface area contributed by atoms with Crippen LogP contribution in [0.4, 0.5) is 5.82 Å². The van der Waals surface area contributed by atoms with Gasteiger partial charge in [0.05, 0.1) is 5.52 Å². The first kappa shape index (κ1) is 11.7. The van der Waals surface area contributed by atoms with E-state index >= 15 is 0 Å². The van der Waals surface area contributed by atoms with Crippen LogP contribution >= 0.6 is 0 Å². The van der Waals surface area contributed by atoms with Crippen molar-refractivity contribution in [3.05, 3.63) is 42.7 Å². The summed E-state index contributed by atoms with van der Waals surface area (Å²) in [4.78, 5) is 13.3. The fourth-order valence-electron chi connectivity index (χ4n) is 2.05. The van der Waals surface area contributed by atoms with Gasteiger partial charge in [0.1, 0.15) is 13.7 Å². The van der Waals surface area contributed by atoms with Crippen LogP contribution in [-0.4, -0.2) is 29.8 Å². The zero-order chi connectivity index (χ0) is 13.2. The quantitative estimate of drug-likeness (QED) is 0.687. The molecule has 0 radical (unpaired) electrons. The molecule has 0 aliphatic rings. The van der Waals surface area contributed by atoms with Gasteiger partial charge in [0, 0.05) is 30.4 Å². The highest BCUT2D eigenvalue weighted by molar-refractivity contribution is 6.33. The first-order chi connectivity index (χ1) is 9.28. The van der Waals surface area contributed by atoms with Crippen LogP contribution in [0.5, 0.6) is 0 Å². The van der Waals surface area contributed by atoms with E-state index in [4.69, 9.17) is 0 Å². The van der Waals surface area contributed by atoms with Gasteiger partial charge in [0.2, 0.25) is 0 Å². The number of rotatable bonds is 2. The van der Waals surface area contributed by atoms with Gasteiger partial charge in [-0.1, -0.05) is 11.5 Å². The first-order valence-corrected chi connectivity index (χ1v) is 6.14. The molecule has 2 heterocycles. The van der Waals surface area contributed by atoms with Gasteiger partial charge < -0.3 is 5.32 Å². The molecular formula is C14H13BN4. The van der Waals surface area contributed by atoms with E-state index in [0.29, 0.717) is 5.82 Å². The maximum atomic E-state index is 4.62. The van der Waals surface area contributed by atoms with E-state index in [1.54, 1.807) is 12.4 Å². The lowest BCUT2D eigenvalue weighted by molar-refractivity contribution is 1.20. The third-order valence-corrected chi connectivity index (χ3v) is 3.01. The van der Waals surface area contributed by atoms with E-state index in [0.717, 1.165) is 22.3 Å². The second-order valence-electron chi connectivity index (χ2n) is 4.41. The lowest BCUT2D eigenvalue weighted by Gasteiger charge is -2.08. The minimum absolute atomic E-state index is 0.690.